The van der Waals surface area contributed by atoms with Gasteiger partial charge in [0.15, 0.2) is 10.2 Å². The van der Waals surface area contributed by atoms with Crippen molar-refractivity contribution in [3.8, 4) is 0 Å². The van der Waals surface area contributed by atoms with Crippen molar-refractivity contribution in [2.75, 3.05) is 45.8 Å². The number of hydrazone groups is 2. The van der Waals surface area contributed by atoms with Gasteiger partial charge < -0.3 is 15.5 Å². The average Bonchev–Trinajstić information content (AvgIpc) is 2.75. The molecule has 1 fully saturated rings. The summed E-state index contributed by atoms with van der Waals surface area (Å²) < 4.78 is 0. The minimum absolute atomic E-state index is 0.403. The summed E-state index contributed by atoms with van der Waals surface area (Å²) in [6, 6.07) is 0.403. The Kier molecular flexibility index (Phi) is 13.7. The minimum atomic E-state index is 0.403. The third-order valence-electron chi connectivity index (χ3n) is 5.33. The highest BCUT2D eigenvalue weighted by molar-refractivity contribution is 7.80. The summed E-state index contributed by atoms with van der Waals surface area (Å²) in [5.41, 5.74) is 7.23. The molecular weight excluding hydrogens is 416 g/mol. The van der Waals surface area contributed by atoms with E-state index in [-0.39, 0.29) is 0 Å². The quantitative estimate of drug-likeness (QED) is 0.213. The molecule has 1 atom stereocenters. The Balaban J connectivity index is 2.29. The van der Waals surface area contributed by atoms with Gasteiger partial charge in [-0.25, -0.2) is 0 Å². The molecule has 0 aromatic heterocycles. The van der Waals surface area contributed by atoms with Gasteiger partial charge in [-0.15, -0.1) is 0 Å². The van der Waals surface area contributed by atoms with Crippen LogP contribution in [0.4, 0.5) is 0 Å². The third-order valence-corrected chi connectivity index (χ3v) is 5.80. The first-order valence-corrected chi connectivity index (χ1v) is 11.8. The second-order valence-electron chi connectivity index (χ2n) is 7.56. The summed E-state index contributed by atoms with van der Waals surface area (Å²) in [7, 11) is 0. The van der Waals surface area contributed by atoms with Crippen LogP contribution in [-0.4, -0.2) is 83.3 Å². The zero-order valence-corrected chi connectivity index (χ0v) is 20.9. The van der Waals surface area contributed by atoms with Crippen LogP contribution in [0.15, 0.2) is 10.2 Å². The van der Waals surface area contributed by atoms with Crippen LogP contribution in [0.2, 0.25) is 0 Å². The van der Waals surface area contributed by atoms with Crippen LogP contribution in [-0.2, 0) is 0 Å². The second-order valence-corrected chi connectivity index (χ2v) is 8.37. The van der Waals surface area contributed by atoms with Gasteiger partial charge in [-0.1, -0.05) is 20.3 Å². The molecule has 8 nitrogen and oxygen atoms in total. The topological polar surface area (TPSA) is 79.3 Å². The van der Waals surface area contributed by atoms with Crippen LogP contribution in [0, 0.1) is 0 Å². The van der Waals surface area contributed by atoms with Crippen LogP contribution in [0.1, 0.15) is 53.9 Å². The Morgan fingerprint density at radius 2 is 1.47 bits per heavy atom. The third kappa shape index (κ3) is 11.1. The average molecular weight is 457 g/mol. The zero-order chi connectivity index (χ0) is 22.4. The first-order chi connectivity index (χ1) is 14.4. The monoisotopic (exact) mass is 456 g/mol. The number of hydrogen-bond acceptors (Lipinski definition) is 6. The van der Waals surface area contributed by atoms with E-state index in [1.807, 2.05) is 13.8 Å². The van der Waals surface area contributed by atoms with E-state index in [1.54, 1.807) is 0 Å². The Labute approximate surface area is 193 Å². The Bertz CT molecular complexity index is 583. The number of nitrogens with one attached hydrogen (secondary N) is 4. The molecule has 0 aromatic rings. The van der Waals surface area contributed by atoms with E-state index in [2.05, 4.69) is 62.3 Å². The van der Waals surface area contributed by atoms with Gasteiger partial charge in [0.25, 0.3) is 0 Å². The van der Waals surface area contributed by atoms with Crippen LogP contribution in [0.25, 0.3) is 0 Å². The zero-order valence-electron chi connectivity index (χ0n) is 19.3. The summed E-state index contributed by atoms with van der Waals surface area (Å²) >= 11 is 10.6. The van der Waals surface area contributed by atoms with Crippen LogP contribution in [0.5, 0.6) is 0 Å². The van der Waals surface area contributed by atoms with E-state index in [1.165, 1.54) is 32.4 Å². The smallest absolute Gasteiger partial charge is 0.187 e. The molecule has 10 heteroatoms. The van der Waals surface area contributed by atoms with Crippen molar-refractivity contribution in [2.45, 2.75) is 59.9 Å². The number of rotatable bonds is 11. The molecule has 1 saturated heterocycles. The molecule has 0 aromatic carbocycles. The van der Waals surface area contributed by atoms with Gasteiger partial charge in [0.05, 0.1) is 11.4 Å². The summed E-state index contributed by atoms with van der Waals surface area (Å²) in [5, 5.41) is 16.0. The number of hydrogen-bond donors (Lipinski definition) is 4. The summed E-state index contributed by atoms with van der Waals surface area (Å²) in [4.78, 5) is 4.84. The maximum atomic E-state index is 5.31. The molecule has 0 aliphatic carbocycles. The lowest BCUT2D eigenvalue weighted by molar-refractivity contribution is 0.232. The summed E-state index contributed by atoms with van der Waals surface area (Å²) in [6.45, 7) is 17.3. The molecule has 0 amide bonds. The summed E-state index contributed by atoms with van der Waals surface area (Å²) in [5.74, 6) is 0. The lowest BCUT2D eigenvalue weighted by atomic mass is 10.1. The normalized spacial score (nSPS) is 16.9. The maximum Gasteiger partial charge on any atom is 0.187 e. The van der Waals surface area contributed by atoms with Gasteiger partial charge in [0.2, 0.25) is 0 Å². The molecule has 30 heavy (non-hydrogen) atoms. The molecule has 1 unspecified atom stereocenters. The van der Waals surface area contributed by atoms with Crippen molar-refractivity contribution in [1.82, 2.24) is 31.3 Å². The Hall–Kier alpha value is -1.36. The minimum Gasteiger partial charge on any atom is -0.360 e. The first-order valence-electron chi connectivity index (χ1n) is 11.0. The fraction of sp³-hybridized carbons (Fsp3) is 0.800. The van der Waals surface area contributed by atoms with Crippen molar-refractivity contribution >= 4 is 46.1 Å². The molecule has 0 bridgehead atoms. The molecule has 0 saturated carbocycles. The largest absolute Gasteiger partial charge is 0.360 e. The molecule has 1 heterocycles. The van der Waals surface area contributed by atoms with E-state index in [4.69, 9.17) is 24.4 Å². The number of piperidine rings is 1. The number of likely N-dealkylation sites (tertiary alicyclic amines) is 1. The lowest BCUT2D eigenvalue weighted by Crippen LogP contribution is -2.44. The van der Waals surface area contributed by atoms with Gasteiger partial charge in [0.1, 0.15) is 0 Å². The first kappa shape index (κ1) is 26.7. The second kappa shape index (κ2) is 15.4. The molecule has 172 valence electrons. The van der Waals surface area contributed by atoms with E-state index in [0.717, 1.165) is 44.1 Å². The van der Waals surface area contributed by atoms with Gasteiger partial charge in [-0.3, -0.25) is 15.8 Å². The summed E-state index contributed by atoms with van der Waals surface area (Å²) in [6.07, 6.45) is 3.95. The van der Waals surface area contributed by atoms with Crippen LogP contribution < -0.4 is 21.5 Å². The molecule has 1 aliphatic rings. The maximum absolute atomic E-state index is 5.31. The van der Waals surface area contributed by atoms with Crippen molar-refractivity contribution in [1.29, 1.82) is 0 Å². The fourth-order valence-corrected chi connectivity index (χ4v) is 3.51. The van der Waals surface area contributed by atoms with Crippen molar-refractivity contribution in [3.05, 3.63) is 0 Å². The lowest BCUT2D eigenvalue weighted by Gasteiger charge is -2.26. The predicted molar refractivity (Wildman–Crippen MR) is 136 cm³/mol. The van der Waals surface area contributed by atoms with Crippen LogP contribution >= 0.6 is 24.4 Å². The van der Waals surface area contributed by atoms with Gasteiger partial charge >= 0.3 is 0 Å². The molecule has 4 N–H and O–H groups in total. The standard InChI is InChI=1S/C20H40N8S2/c1-6-28(7-2)16(3)15-22-20(30)26-24-18(5)17(4)23-25-19(29)21-11-14-27-12-9-8-10-13-27/h16H,6-15H2,1-5H3,(H2,21,25,29)(H2,22,26,30)/b23-17+,24-18+. The van der Waals surface area contributed by atoms with E-state index in [0.29, 0.717) is 16.3 Å². The molecule has 0 spiro atoms. The molecule has 0 radical (unpaired) electrons. The number of likely N-dealkylation sites (N-methyl/N-ethyl adjacent to an activating group) is 1. The highest BCUT2D eigenvalue weighted by Crippen LogP contribution is 2.07. The van der Waals surface area contributed by atoms with E-state index >= 15 is 0 Å². The fourth-order valence-electron chi connectivity index (χ4n) is 3.24. The van der Waals surface area contributed by atoms with E-state index in [9.17, 15) is 0 Å². The Morgan fingerprint density at radius 3 is 2.00 bits per heavy atom. The highest BCUT2D eigenvalue weighted by atomic mass is 32.1. The number of nitrogens with zero attached hydrogens (tertiary/aromatic N) is 4. The van der Waals surface area contributed by atoms with Gasteiger partial charge in [-0.2, -0.15) is 10.2 Å². The van der Waals surface area contributed by atoms with Crippen LogP contribution in [0.3, 0.4) is 0 Å². The predicted octanol–water partition coefficient (Wildman–Crippen LogP) is 1.88. The van der Waals surface area contributed by atoms with Crippen molar-refractivity contribution < 1.29 is 0 Å². The molecule has 1 rings (SSSR count). The molecule has 1 aliphatic heterocycles. The van der Waals surface area contributed by atoms with E-state index < -0.39 is 0 Å². The SMILES string of the molecule is CCN(CC)C(C)CNC(=S)N/N=C(C)/C(C)=N/NC(=S)NCCN1CCCCC1. The highest BCUT2D eigenvalue weighted by Gasteiger charge is 2.10. The van der Waals surface area contributed by atoms with Gasteiger partial charge in [-0.05, 0) is 84.2 Å². The Morgan fingerprint density at radius 1 is 0.933 bits per heavy atom. The van der Waals surface area contributed by atoms with Crippen molar-refractivity contribution in [3.63, 3.8) is 0 Å². The van der Waals surface area contributed by atoms with Crippen molar-refractivity contribution in [2.24, 2.45) is 10.2 Å². The van der Waals surface area contributed by atoms with Gasteiger partial charge in [0, 0.05) is 25.7 Å². The molecular formula is C20H40N8S2. The number of thiocarbonyl (C=S) groups is 2.